The molecule has 0 radical (unpaired) electrons. The summed E-state index contributed by atoms with van der Waals surface area (Å²) in [5, 5.41) is 15.0. The third-order valence-corrected chi connectivity index (χ3v) is 11.5. The monoisotopic (exact) mass is 1120 g/mol. The molecule has 8 aromatic rings. The minimum Gasteiger partial charge on any atom is -0.399 e. The molecule has 1 aliphatic rings. The first kappa shape index (κ1) is 60.9. The van der Waals surface area contributed by atoms with Gasteiger partial charge in [0.2, 0.25) is 23.7 Å². The first-order chi connectivity index (χ1) is 35.6. The Morgan fingerprint density at radius 3 is 1.20 bits per heavy atom. The molecule has 15 nitrogen and oxygen atoms in total. The quantitative estimate of drug-likeness (QED) is 0.0527. The smallest absolute Gasteiger partial charge is 0.258 e. The zero-order chi connectivity index (χ0) is 53.0. The third kappa shape index (κ3) is 19.3. The second-order valence-electron chi connectivity index (χ2n) is 15.7. The molecule has 3 heterocycles. The fourth-order valence-corrected chi connectivity index (χ4v) is 8.02. The predicted octanol–water partition coefficient (Wildman–Crippen LogP) is 15.3. The van der Waals surface area contributed by atoms with Gasteiger partial charge in [-0.25, -0.2) is 19.9 Å². The topological polar surface area (TPSA) is 215 Å². The number of hydrogen-bond acceptors (Lipinski definition) is 12. The van der Waals surface area contributed by atoms with Crippen LogP contribution in [0.3, 0.4) is 0 Å². The molecule has 76 heavy (non-hydrogen) atoms. The Hall–Kier alpha value is -7.63. The van der Waals surface area contributed by atoms with E-state index in [0.717, 1.165) is 52.8 Å². The van der Waals surface area contributed by atoms with Crippen molar-refractivity contribution < 1.29 is 23.9 Å². The Morgan fingerprint density at radius 1 is 0.487 bits per heavy atom. The van der Waals surface area contributed by atoms with Gasteiger partial charge in [0.15, 0.2) is 0 Å². The largest absolute Gasteiger partial charge is 0.399 e. The minimum absolute atomic E-state index is 0. The number of hydrogen-bond donors (Lipinski definition) is 6. The fourth-order valence-electron chi connectivity index (χ4n) is 6.58. The summed E-state index contributed by atoms with van der Waals surface area (Å²) in [7, 11) is 0. The van der Waals surface area contributed by atoms with Crippen LogP contribution in [0.25, 0.3) is 22.5 Å². The SMILES string of the molecule is C.C.C1CCOC1.CC(=O)Nc1ccc(-c2ccnc(Nc3ccc(N)cc3)n2)cc1.CC(=O)Nc1ccc(-c2ccnc(Nc3ccc(NC(=O)c4c(Cl)cccc4Cl)cc3)n2)cc1.O=C(Cl)c1c(Cl)cccc1Cl. The van der Waals surface area contributed by atoms with Gasteiger partial charge in [-0.1, -0.05) is 97.7 Å². The molecule has 0 unspecified atom stereocenters. The Balaban J connectivity index is 0.000000256. The highest BCUT2D eigenvalue weighted by Gasteiger charge is 2.15. The summed E-state index contributed by atoms with van der Waals surface area (Å²) in [5.41, 5.74) is 13.8. The van der Waals surface area contributed by atoms with Gasteiger partial charge in [-0.2, -0.15) is 0 Å². The summed E-state index contributed by atoms with van der Waals surface area (Å²) in [5.74, 6) is 0.308. The van der Waals surface area contributed by atoms with Crippen LogP contribution < -0.4 is 32.3 Å². The Bertz CT molecular complexity index is 3140. The Morgan fingerprint density at radius 2 is 0.842 bits per heavy atom. The maximum absolute atomic E-state index is 12.5. The first-order valence-electron chi connectivity index (χ1n) is 22.5. The second kappa shape index (κ2) is 30.7. The molecule has 1 aliphatic heterocycles. The van der Waals surface area contributed by atoms with E-state index in [0.29, 0.717) is 29.0 Å². The van der Waals surface area contributed by atoms with Crippen LogP contribution in [-0.4, -0.2) is 56.1 Å². The predicted molar refractivity (Wildman–Crippen MR) is 312 cm³/mol. The number of benzene rings is 6. The highest BCUT2D eigenvalue weighted by molar-refractivity contribution is 6.70. The molecule has 0 bridgehead atoms. The summed E-state index contributed by atoms with van der Waals surface area (Å²) >= 11 is 28.7. The van der Waals surface area contributed by atoms with E-state index in [1.54, 1.807) is 79.1 Å². The van der Waals surface area contributed by atoms with E-state index in [-0.39, 0.29) is 57.9 Å². The zero-order valence-electron chi connectivity index (χ0n) is 39.6. The van der Waals surface area contributed by atoms with Crippen molar-refractivity contribution in [2.75, 3.05) is 45.5 Å². The molecule has 1 saturated heterocycles. The van der Waals surface area contributed by atoms with Crippen molar-refractivity contribution in [1.82, 2.24) is 19.9 Å². The van der Waals surface area contributed by atoms with Gasteiger partial charge in [0, 0.05) is 84.7 Å². The molecule has 0 spiro atoms. The Kier molecular flexibility index (Phi) is 24.6. The lowest BCUT2D eigenvalue weighted by molar-refractivity contribution is -0.115. The van der Waals surface area contributed by atoms with Crippen molar-refractivity contribution in [2.24, 2.45) is 0 Å². The van der Waals surface area contributed by atoms with E-state index in [1.807, 2.05) is 78.9 Å². The number of nitrogens with two attached hydrogens (primary N) is 1. The summed E-state index contributed by atoms with van der Waals surface area (Å²) in [6, 6.07) is 42.6. The van der Waals surface area contributed by atoms with Crippen LogP contribution >= 0.6 is 58.0 Å². The van der Waals surface area contributed by atoms with Crippen molar-refractivity contribution in [1.29, 1.82) is 0 Å². The van der Waals surface area contributed by atoms with E-state index in [4.69, 9.17) is 68.5 Å². The highest BCUT2D eigenvalue weighted by atomic mass is 35.5. The third-order valence-electron chi connectivity index (χ3n) is 10.1. The van der Waals surface area contributed by atoms with Crippen LogP contribution in [0.4, 0.5) is 46.0 Å². The molecule has 394 valence electrons. The van der Waals surface area contributed by atoms with Crippen molar-refractivity contribution in [3.05, 3.63) is 189 Å². The first-order valence-corrected chi connectivity index (χ1v) is 24.4. The van der Waals surface area contributed by atoms with Crippen LogP contribution in [0, 0.1) is 0 Å². The van der Waals surface area contributed by atoms with Crippen molar-refractivity contribution in [3.8, 4) is 22.5 Å². The van der Waals surface area contributed by atoms with Gasteiger partial charge >= 0.3 is 0 Å². The molecule has 6 aromatic carbocycles. The van der Waals surface area contributed by atoms with Crippen molar-refractivity contribution in [3.63, 3.8) is 0 Å². The number of anilines is 8. The lowest BCUT2D eigenvalue weighted by atomic mass is 10.1. The molecule has 1 fully saturated rings. The summed E-state index contributed by atoms with van der Waals surface area (Å²) in [6.07, 6.45) is 5.91. The second-order valence-corrected chi connectivity index (χ2v) is 17.7. The Labute approximate surface area is 466 Å². The molecule has 0 saturated carbocycles. The van der Waals surface area contributed by atoms with Crippen LogP contribution in [0.1, 0.15) is 62.3 Å². The van der Waals surface area contributed by atoms with E-state index < -0.39 is 11.1 Å². The van der Waals surface area contributed by atoms with Gasteiger partial charge < -0.3 is 37.1 Å². The molecule has 2 aromatic heterocycles. The van der Waals surface area contributed by atoms with Crippen LogP contribution in [0.5, 0.6) is 0 Å². The minimum atomic E-state index is -0.638. The fraction of sp³-hybridized carbons (Fsp3) is 0.143. The molecule has 20 heteroatoms. The maximum atomic E-state index is 12.5. The number of nitrogens with zero attached hydrogens (tertiary/aromatic N) is 4. The number of aromatic nitrogens is 4. The van der Waals surface area contributed by atoms with Gasteiger partial charge in [0.25, 0.3) is 11.1 Å². The number of nitrogen functional groups attached to an aromatic ring is 1. The highest BCUT2D eigenvalue weighted by Crippen LogP contribution is 2.28. The van der Waals surface area contributed by atoms with Gasteiger partial charge in [-0.3, -0.25) is 19.2 Å². The van der Waals surface area contributed by atoms with Crippen molar-refractivity contribution >= 4 is 127 Å². The van der Waals surface area contributed by atoms with Gasteiger partial charge in [-0.15, -0.1) is 0 Å². The van der Waals surface area contributed by atoms with Gasteiger partial charge in [0.05, 0.1) is 42.6 Å². The standard InChI is InChI=1S/C25H19Cl2N5O2.C18H17N5O.C7H3Cl3O.C4H8O.2CH4/c1-15(33)29-17-7-5-16(6-8-17)22-13-14-28-25(32-22)31-19-11-9-18(10-12-19)30-24(34)23-20(26)3-2-4-21(23)27;1-12(24)21-15-6-2-13(3-7-15)17-10-11-20-18(23-17)22-16-8-4-14(19)5-9-16;8-4-2-1-3-5(9)6(4)7(10)11;1-2-4-5-3-1;;/h2-14H,1H3,(H,29,33)(H,30,34)(H,28,31,32);2-11H,19H2,1H3,(H,21,24)(H,20,22,23);1-3H;1-4H2;2*1H4. The molecule has 9 rings (SSSR count). The number of rotatable bonds is 11. The number of nitrogens with one attached hydrogen (secondary N) is 5. The van der Waals surface area contributed by atoms with Crippen molar-refractivity contribution in [2.45, 2.75) is 41.5 Å². The zero-order valence-corrected chi connectivity index (χ0v) is 43.4. The number of halogens is 5. The van der Waals surface area contributed by atoms with E-state index in [9.17, 15) is 19.2 Å². The number of amides is 3. The molecule has 7 N–H and O–H groups in total. The van der Waals surface area contributed by atoms with E-state index >= 15 is 0 Å². The normalized spacial score (nSPS) is 10.9. The maximum Gasteiger partial charge on any atom is 0.258 e. The van der Waals surface area contributed by atoms with E-state index in [2.05, 4.69) is 46.5 Å². The summed E-state index contributed by atoms with van der Waals surface area (Å²) in [6.45, 7) is 4.94. The molecular formula is C56H55Cl5N10O5. The molecular weight excluding hydrogens is 1070 g/mol. The van der Waals surface area contributed by atoms with Gasteiger partial charge in [-0.05, 0) is 134 Å². The molecule has 3 amide bonds. The molecule has 0 atom stereocenters. The van der Waals surface area contributed by atoms with Gasteiger partial charge in [0.1, 0.15) is 0 Å². The van der Waals surface area contributed by atoms with Crippen LogP contribution in [0.2, 0.25) is 20.1 Å². The number of carbonyl (C=O) groups is 4. The lowest BCUT2D eigenvalue weighted by Crippen LogP contribution is -2.13. The number of ether oxygens (including phenoxy) is 1. The summed E-state index contributed by atoms with van der Waals surface area (Å²) < 4.78 is 4.94. The summed E-state index contributed by atoms with van der Waals surface area (Å²) in [4.78, 5) is 63.0. The average molecular weight is 1130 g/mol. The molecule has 0 aliphatic carbocycles. The average Bonchev–Trinajstić information content (AvgIpc) is 3.97. The lowest BCUT2D eigenvalue weighted by Gasteiger charge is -2.10. The van der Waals surface area contributed by atoms with Crippen LogP contribution in [0.15, 0.2) is 158 Å². The number of carbonyl (C=O) groups excluding carboxylic acids is 4. The van der Waals surface area contributed by atoms with E-state index in [1.165, 1.54) is 26.7 Å². The van der Waals surface area contributed by atoms with Crippen LogP contribution in [-0.2, 0) is 14.3 Å².